The van der Waals surface area contributed by atoms with E-state index in [1.807, 2.05) is 19.0 Å². The van der Waals surface area contributed by atoms with Gasteiger partial charge in [-0.2, -0.15) is 0 Å². The molecule has 0 heterocycles. The van der Waals surface area contributed by atoms with Gasteiger partial charge in [0.05, 0.1) is 17.2 Å². The van der Waals surface area contributed by atoms with Crippen LogP contribution in [0.25, 0.3) is 0 Å². The fourth-order valence-electron chi connectivity index (χ4n) is 1.83. The second kappa shape index (κ2) is 7.27. The Kier molecular flexibility index (Phi) is 6.27. The van der Waals surface area contributed by atoms with Gasteiger partial charge in [0.2, 0.25) is 0 Å². The highest BCUT2D eigenvalue weighted by Crippen LogP contribution is 2.29. The lowest BCUT2D eigenvalue weighted by Gasteiger charge is -2.29. The summed E-state index contributed by atoms with van der Waals surface area (Å²) in [6, 6.07) is 5.13. The average molecular weight is 319 g/mol. The van der Waals surface area contributed by atoms with E-state index in [4.69, 9.17) is 27.9 Å². The molecule has 0 aliphatic rings. The molecule has 1 unspecified atom stereocenters. The summed E-state index contributed by atoms with van der Waals surface area (Å²) in [6.07, 6.45) is 0. The first kappa shape index (κ1) is 17.2. The number of nitrogens with one attached hydrogen (secondary N) is 1. The predicted molar refractivity (Wildman–Crippen MR) is 82.4 cm³/mol. The molecule has 0 saturated heterocycles. The molecule has 1 aromatic rings. The van der Waals surface area contributed by atoms with Crippen molar-refractivity contribution >= 4 is 29.2 Å². The number of esters is 1. The number of methoxy groups -OCH3 is 1. The molecular weight excluding hydrogens is 299 g/mol. The van der Waals surface area contributed by atoms with Gasteiger partial charge in [0, 0.05) is 13.1 Å². The van der Waals surface area contributed by atoms with E-state index in [-0.39, 0.29) is 5.97 Å². The summed E-state index contributed by atoms with van der Waals surface area (Å²) in [5, 5.41) is 4.09. The quantitative estimate of drug-likeness (QED) is 0.818. The predicted octanol–water partition coefficient (Wildman–Crippen LogP) is 2.53. The maximum absolute atomic E-state index is 12.1. The number of likely N-dealkylation sites (N-methyl/N-ethyl adjacent to an activating group) is 1. The van der Waals surface area contributed by atoms with Crippen molar-refractivity contribution in [2.45, 2.75) is 12.5 Å². The van der Waals surface area contributed by atoms with Crippen molar-refractivity contribution in [2.75, 3.05) is 34.3 Å². The fraction of sp³-hybridized carbons (Fsp3) is 0.500. The van der Waals surface area contributed by atoms with Crippen LogP contribution in [-0.4, -0.2) is 45.2 Å². The molecule has 1 N–H and O–H groups in total. The van der Waals surface area contributed by atoms with Crippen LogP contribution in [0.1, 0.15) is 12.5 Å². The van der Waals surface area contributed by atoms with Crippen molar-refractivity contribution in [2.24, 2.45) is 0 Å². The molecule has 20 heavy (non-hydrogen) atoms. The first-order valence-electron chi connectivity index (χ1n) is 6.25. The highest BCUT2D eigenvalue weighted by molar-refractivity contribution is 6.42. The van der Waals surface area contributed by atoms with Gasteiger partial charge in [0.15, 0.2) is 0 Å². The summed E-state index contributed by atoms with van der Waals surface area (Å²) in [5.41, 5.74) is -0.239. The Bertz CT molecular complexity index is 480. The van der Waals surface area contributed by atoms with Crippen LogP contribution in [-0.2, 0) is 15.1 Å². The van der Waals surface area contributed by atoms with Crippen molar-refractivity contribution in [3.8, 4) is 0 Å². The average Bonchev–Trinajstić information content (AvgIpc) is 2.40. The molecule has 4 nitrogen and oxygen atoms in total. The molecule has 0 aromatic heterocycles. The molecule has 1 atom stereocenters. The molecular formula is C14H20Cl2N2O2. The van der Waals surface area contributed by atoms with E-state index in [1.165, 1.54) is 7.11 Å². The van der Waals surface area contributed by atoms with Gasteiger partial charge in [-0.15, -0.1) is 0 Å². The monoisotopic (exact) mass is 318 g/mol. The van der Waals surface area contributed by atoms with E-state index in [0.29, 0.717) is 16.6 Å². The molecule has 0 spiro atoms. The van der Waals surface area contributed by atoms with Crippen LogP contribution in [0.15, 0.2) is 18.2 Å². The van der Waals surface area contributed by atoms with Gasteiger partial charge in [0.25, 0.3) is 0 Å². The number of benzene rings is 1. The van der Waals surface area contributed by atoms with Gasteiger partial charge in [-0.1, -0.05) is 29.3 Å². The highest BCUT2D eigenvalue weighted by atomic mass is 35.5. The van der Waals surface area contributed by atoms with Gasteiger partial charge < -0.3 is 9.64 Å². The normalized spacial score (nSPS) is 14.2. The Morgan fingerprint density at radius 1 is 1.35 bits per heavy atom. The Morgan fingerprint density at radius 2 is 2.00 bits per heavy atom. The maximum atomic E-state index is 12.1. The van der Waals surface area contributed by atoms with Crippen molar-refractivity contribution < 1.29 is 9.53 Å². The van der Waals surface area contributed by atoms with E-state index < -0.39 is 5.54 Å². The first-order chi connectivity index (χ1) is 9.31. The minimum atomic E-state index is -0.959. The molecule has 1 aromatic carbocycles. The van der Waals surface area contributed by atoms with Crippen LogP contribution in [0.4, 0.5) is 0 Å². The van der Waals surface area contributed by atoms with Crippen LogP contribution in [0.2, 0.25) is 10.0 Å². The molecule has 0 amide bonds. The van der Waals surface area contributed by atoms with Crippen molar-refractivity contribution in [3.63, 3.8) is 0 Å². The first-order valence-corrected chi connectivity index (χ1v) is 7.00. The summed E-state index contributed by atoms with van der Waals surface area (Å²) < 4.78 is 4.91. The van der Waals surface area contributed by atoms with Crippen molar-refractivity contribution in [3.05, 3.63) is 33.8 Å². The van der Waals surface area contributed by atoms with Gasteiger partial charge in [-0.3, -0.25) is 5.32 Å². The van der Waals surface area contributed by atoms with Gasteiger partial charge in [-0.25, -0.2) is 4.79 Å². The zero-order valence-corrected chi connectivity index (χ0v) is 13.7. The van der Waals surface area contributed by atoms with Crippen molar-refractivity contribution in [1.82, 2.24) is 10.2 Å². The van der Waals surface area contributed by atoms with E-state index in [9.17, 15) is 4.79 Å². The lowest BCUT2D eigenvalue weighted by Crippen LogP contribution is -2.49. The SMILES string of the molecule is COC(=O)C(C)(NCCN(C)C)c1ccc(Cl)c(Cl)c1. The molecule has 0 radical (unpaired) electrons. The lowest BCUT2D eigenvalue weighted by atomic mass is 9.92. The molecule has 6 heteroatoms. The molecule has 112 valence electrons. The minimum Gasteiger partial charge on any atom is -0.467 e. The zero-order chi connectivity index (χ0) is 15.3. The molecule has 0 aliphatic carbocycles. The third-order valence-corrected chi connectivity index (χ3v) is 3.87. The number of rotatable bonds is 6. The van der Waals surface area contributed by atoms with Crippen molar-refractivity contribution in [1.29, 1.82) is 0 Å². The Hall–Kier alpha value is -0.810. The standard InChI is InChI=1S/C14H20Cl2N2O2/c1-14(13(19)20-4,17-7-8-18(2)3)10-5-6-11(15)12(16)9-10/h5-6,9,17H,7-8H2,1-4H3. The third kappa shape index (κ3) is 4.09. The highest BCUT2D eigenvalue weighted by Gasteiger charge is 2.36. The smallest absolute Gasteiger partial charge is 0.330 e. The summed E-state index contributed by atoms with van der Waals surface area (Å²) in [5.74, 6) is -0.366. The second-order valence-electron chi connectivity index (χ2n) is 4.98. The van der Waals surface area contributed by atoms with E-state index in [2.05, 4.69) is 5.32 Å². The minimum absolute atomic E-state index is 0.366. The molecule has 0 bridgehead atoms. The van der Waals surface area contributed by atoms with Crippen LogP contribution >= 0.6 is 23.2 Å². The Labute approximate surface area is 130 Å². The number of ether oxygens (including phenoxy) is 1. The Balaban J connectivity index is 3.03. The molecule has 1 rings (SSSR count). The third-order valence-electron chi connectivity index (χ3n) is 3.13. The number of carbonyl (C=O) groups is 1. The van der Waals surface area contributed by atoms with Gasteiger partial charge in [0.1, 0.15) is 5.54 Å². The van der Waals surface area contributed by atoms with E-state index in [0.717, 1.165) is 12.1 Å². The lowest BCUT2D eigenvalue weighted by molar-refractivity contribution is -0.148. The van der Waals surface area contributed by atoms with Gasteiger partial charge >= 0.3 is 5.97 Å². The largest absolute Gasteiger partial charge is 0.467 e. The molecule has 0 fully saturated rings. The number of hydrogen-bond acceptors (Lipinski definition) is 4. The maximum Gasteiger partial charge on any atom is 0.330 e. The summed E-state index contributed by atoms with van der Waals surface area (Å²) in [7, 11) is 5.30. The number of halogens is 2. The van der Waals surface area contributed by atoms with E-state index in [1.54, 1.807) is 25.1 Å². The Morgan fingerprint density at radius 3 is 2.50 bits per heavy atom. The number of carbonyl (C=O) groups excluding carboxylic acids is 1. The van der Waals surface area contributed by atoms with E-state index >= 15 is 0 Å². The molecule has 0 saturated carbocycles. The van der Waals surface area contributed by atoms with Crippen LogP contribution in [0, 0.1) is 0 Å². The summed E-state index contributed by atoms with van der Waals surface area (Å²) in [4.78, 5) is 14.2. The van der Waals surface area contributed by atoms with Crippen LogP contribution in [0.3, 0.4) is 0 Å². The number of nitrogens with zero attached hydrogens (tertiary/aromatic N) is 1. The van der Waals surface area contributed by atoms with Crippen LogP contribution < -0.4 is 5.32 Å². The fourth-order valence-corrected chi connectivity index (χ4v) is 2.13. The second-order valence-corrected chi connectivity index (χ2v) is 5.79. The zero-order valence-electron chi connectivity index (χ0n) is 12.2. The number of hydrogen-bond donors (Lipinski definition) is 1. The van der Waals surface area contributed by atoms with Crippen LogP contribution in [0.5, 0.6) is 0 Å². The topological polar surface area (TPSA) is 41.6 Å². The van der Waals surface area contributed by atoms with Gasteiger partial charge in [-0.05, 0) is 38.7 Å². The summed E-state index contributed by atoms with van der Waals surface area (Å²) in [6.45, 7) is 3.21. The molecule has 0 aliphatic heterocycles. The summed E-state index contributed by atoms with van der Waals surface area (Å²) >= 11 is 11.9.